The third kappa shape index (κ3) is 3.37. The van der Waals surface area contributed by atoms with Gasteiger partial charge in [-0.15, -0.1) is 0 Å². The predicted octanol–water partition coefficient (Wildman–Crippen LogP) is 5.10. The minimum absolute atomic E-state index is 0.626. The summed E-state index contributed by atoms with van der Waals surface area (Å²) in [6, 6.07) is 17.3. The lowest BCUT2D eigenvalue weighted by atomic mass is 10.1. The first-order valence-corrected chi connectivity index (χ1v) is 6.98. The fourth-order valence-electron chi connectivity index (χ4n) is 2.42. The molecule has 0 N–H and O–H groups in total. The van der Waals surface area contributed by atoms with E-state index in [1.165, 1.54) is 22.5 Å². The van der Waals surface area contributed by atoms with Crippen LogP contribution in [0.5, 0.6) is 0 Å². The summed E-state index contributed by atoms with van der Waals surface area (Å²) in [7, 11) is 0. The predicted molar refractivity (Wildman–Crippen MR) is 84.2 cm³/mol. The van der Waals surface area contributed by atoms with Gasteiger partial charge in [-0.1, -0.05) is 49.7 Å². The van der Waals surface area contributed by atoms with Gasteiger partial charge in [0.25, 0.3) is 0 Å². The number of nitrogens with zero attached hydrogens (tertiary/aromatic N) is 1. The van der Waals surface area contributed by atoms with Crippen LogP contribution in [0.1, 0.15) is 25.0 Å². The first kappa shape index (κ1) is 13.7. The molecule has 0 aliphatic rings. The summed E-state index contributed by atoms with van der Waals surface area (Å²) in [5.74, 6) is 0.626. The maximum absolute atomic E-state index is 2.42. The van der Waals surface area contributed by atoms with Gasteiger partial charge in [0.1, 0.15) is 0 Å². The molecule has 0 saturated heterocycles. The van der Waals surface area contributed by atoms with Crippen molar-refractivity contribution in [3.8, 4) is 0 Å². The monoisotopic (exact) mass is 253 g/mol. The van der Waals surface area contributed by atoms with Crippen molar-refractivity contribution in [3.05, 3.63) is 59.7 Å². The second kappa shape index (κ2) is 5.92. The van der Waals surface area contributed by atoms with Gasteiger partial charge in [-0.3, -0.25) is 0 Å². The molecule has 0 amide bonds. The Balaban J connectivity index is 2.43. The number of anilines is 2. The quantitative estimate of drug-likeness (QED) is 0.733. The van der Waals surface area contributed by atoms with E-state index in [2.05, 4.69) is 81.1 Å². The van der Waals surface area contributed by atoms with Gasteiger partial charge >= 0.3 is 0 Å². The number of para-hydroxylation sites is 1. The van der Waals surface area contributed by atoms with Gasteiger partial charge in [0.2, 0.25) is 0 Å². The summed E-state index contributed by atoms with van der Waals surface area (Å²) in [5.41, 5.74) is 5.23. The van der Waals surface area contributed by atoms with Gasteiger partial charge in [-0.25, -0.2) is 0 Å². The molecule has 0 fully saturated rings. The van der Waals surface area contributed by atoms with Crippen LogP contribution in [0.25, 0.3) is 0 Å². The third-order valence-electron chi connectivity index (χ3n) is 3.26. The van der Waals surface area contributed by atoms with Crippen LogP contribution in [-0.4, -0.2) is 6.54 Å². The average molecular weight is 253 g/mol. The normalized spacial score (nSPS) is 10.8. The van der Waals surface area contributed by atoms with E-state index in [9.17, 15) is 0 Å². The lowest BCUT2D eigenvalue weighted by molar-refractivity contribution is 0.651. The number of benzene rings is 2. The van der Waals surface area contributed by atoms with Gasteiger partial charge in [-0.2, -0.15) is 0 Å². The van der Waals surface area contributed by atoms with Crippen molar-refractivity contribution in [1.29, 1.82) is 0 Å². The lowest BCUT2D eigenvalue weighted by Gasteiger charge is -2.28. The van der Waals surface area contributed by atoms with Crippen molar-refractivity contribution in [1.82, 2.24) is 0 Å². The number of hydrogen-bond acceptors (Lipinski definition) is 1. The van der Waals surface area contributed by atoms with E-state index in [-0.39, 0.29) is 0 Å². The molecule has 1 heteroatoms. The Labute approximate surface area is 116 Å². The summed E-state index contributed by atoms with van der Waals surface area (Å²) in [4.78, 5) is 2.42. The second-order valence-corrected chi connectivity index (χ2v) is 5.63. The van der Waals surface area contributed by atoms with Crippen LogP contribution in [0, 0.1) is 19.8 Å². The van der Waals surface area contributed by atoms with Crippen molar-refractivity contribution < 1.29 is 0 Å². The molecule has 100 valence electrons. The van der Waals surface area contributed by atoms with Crippen LogP contribution < -0.4 is 4.90 Å². The van der Waals surface area contributed by atoms with E-state index in [4.69, 9.17) is 0 Å². The maximum atomic E-state index is 2.42. The van der Waals surface area contributed by atoms with E-state index < -0.39 is 0 Å². The summed E-state index contributed by atoms with van der Waals surface area (Å²) < 4.78 is 0. The number of hydrogen-bond donors (Lipinski definition) is 0. The van der Waals surface area contributed by atoms with Crippen molar-refractivity contribution in [2.45, 2.75) is 27.7 Å². The molecule has 0 saturated carbocycles. The van der Waals surface area contributed by atoms with Crippen LogP contribution in [0.2, 0.25) is 0 Å². The Morgan fingerprint density at radius 1 is 0.947 bits per heavy atom. The first-order chi connectivity index (χ1) is 9.08. The Morgan fingerprint density at radius 2 is 1.63 bits per heavy atom. The molecular formula is C18H23N. The van der Waals surface area contributed by atoms with Gasteiger partial charge in [0.05, 0.1) is 0 Å². The molecule has 0 aliphatic heterocycles. The topological polar surface area (TPSA) is 3.24 Å². The molecule has 2 aromatic carbocycles. The van der Waals surface area contributed by atoms with Crippen molar-refractivity contribution in [2.75, 3.05) is 11.4 Å². The summed E-state index contributed by atoms with van der Waals surface area (Å²) in [6.45, 7) is 9.90. The molecule has 0 bridgehead atoms. The van der Waals surface area contributed by atoms with Gasteiger partial charge < -0.3 is 4.90 Å². The van der Waals surface area contributed by atoms with Crippen LogP contribution in [-0.2, 0) is 0 Å². The Hall–Kier alpha value is -1.76. The number of aryl methyl sites for hydroxylation is 2. The van der Waals surface area contributed by atoms with Crippen molar-refractivity contribution in [3.63, 3.8) is 0 Å². The van der Waals surface area contributed by atoms with Crippen LogP contribution in [0.15, 0.2) is 48.5 Å². The molecule has 0 radical (unpaired) electrons. The highest BCUT2D eigenvalue weighted by atomic mass is 15.1. The minimum Gasteiger partial charge on any atom is -0.341 e. The zero-order valence-electron chi connectivity index (χ0n) is 12.4. The van der Waals surface area contributed by atoms with Crippen LogP contribution in [0.4, 0.5) is 11.4 Å². The second-order valence-electron chi connectivity index (χ2n) is 5.63. The van der Waals surface area contributed by atoms with Gasteiger partial charge in [0, 0.05) is 17.9 Å². The molecule has 0 heterocycles. The van der Waals surface area contributed by atoms with Crippen LogP contribution in [0.3, 0.4) is 0 Å². The highest BCUT2D eigenvalue weighted by molar-refractivity contribution is 5.66. The Morgan fingerprint density at radius 3 is 2.21 bits per heavy atom. The molecule has 0 aromatic heterocycles. The van der Waals surface area contributed by atoms with Gasteiger partial charge in [-0.05, 0) is 43.5 Å². The van der Waals surface area contributed by atoms with Crippen molar-refractivity contribution in [2.24, 2.45) is 5.92 Å². The highest BCUT2D eigenvalue weighted by Gasteiger charge is 2.12. The maximum Gasteiger partial charge on any atom is 0.0440 e. The van der Waals surface area contributed by atoms with E-state index in [0.717, 1.165) is 6.54 Å². The number of rotatable bonds is 4. The van der Waals surface area contributed by atoms with Gasteiger partial charge in [0.15, 0.2) is 0 Å². The van der Waals surface area contributed by atoms with E-state index in [1.54, 1.807) is 0 Å². The third-order valence-corrected chi connectivity index (χ3v) is 3.26. The molecule has 2 rings (SSSR count). The molecule has 0 unspecified atom stereocenters. The summed E-state index contributed by atoms with van der Waals surface area (Å²) >= 11 is 0. The standard InChI is InChI=1S/C18H23N/c1-14(2)13-19(17-8-6-5-7-9-17)18-11-10-15(3)12-16(18)4/h5-12,14H,13H2,1-4H3. The molecule has 0 atom stereocenters. The largest absolute Gasteiger partial charge is 0.341 e. The van der Waals surface area contributed by atoms with Crippen molar-refractivity contribution >= 4 is 11.4 Å². The lowest BCUT2D eigenvalue weighted by Crippen LogP contribution is -2.23. The molecule has 0 aliphatic carbocycles. The molecule has 1 nitrogen and oxygen atoms in total. The average Bonchev–Trinajstić information content (AvgIpc) is 2.37. The Bertz CT molecular complexity index is 529. The first-order valence-electron chi connectivity index (χ1n) is 6.98. The fourth-order valence-corrected chi connectivity index (χ4v) is 2.42. The van der Waals surface area contributed by atoms with E-state index in [1.807, 2.05) is 0 Å². The summed E-state index contributed by atoms with van der Waals surface area (Å²) in [6.07, 6.45) is 0. The van der Waals surface area contributed by atoms with E-state index in [0.29, 0.717) is 5.92 Å². The molecule has 19 heavy (non-hydrogen) atoms. The van der Waals surface area contributed by atoms with Crippen LogP contribution >= 0.6 is 0 Å². The molecule has 0 spiro atoms. The fraction of sp³-hybridized carbons (Fsp3) is 0.333. The molecular weight excluding hydrogens is 230 g/mol. The molecule has 2 aromatic rings. The SMILES string of the molecule is Cc1ccc(N(CC(C)C)c2ccccc2)c(C)c1. The zero-order valence-corrected chi connectivity index (χ0v) is 12.4. The smallest absolute Gasteiger partial charge is 0.0440 e. The zero-order chi connectivity index (χ0) is 13.8. The summed E-state index contributed by atoms with van der Waals surface area (Å²) in [5, 5.41) is 0. The highest BCUT2D eigenvalue weighted by Crippen LogP contribution is 2.29. The van der Waals surface area contributed by atoms with E-state index >= 15 is 0 Å². The Kier molecular flexibility index (Phi) is 4.26. The minimum atomic E-state index is 0.626.